The minimum Gasteiger partial charge on any atom is -0.387 e. The van der Waals surface area contributed by atoms with Gasteiger partial charge in [0.2, 0.25) is 5.91 Å². The molecule has 0 fully saturated rings. The number of aliphatic hydroxyl groups is 1. The van der Waals surface area contributed by atoms with Crippen molar-refractivity contribution in [3.63, 3.8) is 0 Å². The van der Waals surface area contributed by atoms with Crippen molar-refractivity contribution in [2.45, 2.75) is 25.9 Å². The van der Waals surface area contributed by atoms with Crippen LogP contribution in [0.2, 0.25) is 0 Å². The molecule has 4 nitrogen and oxygen atoms in total. The van der Waals surface area contributed by atoms with Gasteiger partial charge in [0, 0.05) is 18.7 Å². The van der Waals surface area contributed by atoms with E-state index in [1.807, 2.05) is 25.1 Å². The van der Waals surface area contributed by atoms with E-state index in [1.54, 1.807) is 0 Å². The molecule has 0 spiro atoms. The predicted octanol–water partition coefficient (Wildman–Crippen LogP) is 1.21. The van der Waals surface area contributed by atoms with Gasteiger partial charge in [-0.25, -0.2) is 0 Å². The molecule has 1 aromatic carbocycles. The highest BCUT2D eigenvalue weighted by molar-refractivity contribution is 5.93. The average Bonchev–Trinajstić information content (AvgIpc) is 2.35. The van der Waals surface area contributed by atoms with E-state index in [0.29, 0.717) is 13.0 Å². The number of amides is 1. The first-order valence-corrected chi connectivity index (χ1v) is 6.02. The summed E-state index contributed by atoms with van der Waals surface area (Å²) in [6, 6.07) is 5.72. The van der Waals surface area contributed by atoms with E-state index in [-0.39, 0.29) is 5.91 Å². The Hall–Kier alpha value is -1.39. The summed E-state index contributed by atoms with van der Waals surface area (Å²) in [6.45, 7) is 3.41. The van der Waals surface area contributed by atoms with Crippen LogP contribution in [0, 0.1) is 0 Å². The summed E-state index contributed by atoms with van der Waals surface area (Å²) in [4.78, 5) is 11.2. The molecule has 1 aromatic rings. The number of nitrogens with one attached hydrogen (secondary N) is 2. The van der Waals surface area contributed by atoms with Gasteiger partial charge in [-0.2, -0.15) is 0 Å². The van der Waals surface area contributed by atoms with E-state index >= 15 is 0 Å². The molecule has 4 heteroatoms. The van der Waals surface area contributed by atoms with Crippen LogP contribution in [0.15, 0.2) is 18.2 Å². The zero-order chi connectivity index (χ0) is 12.3. The summed E-state index contributed by atoms with van der Waals surface area (Å²) in [5, 5.41) is 15.9. The van der Waals surface area contributed by atoms with Gasteiger partial charge in [0.25, 0.3) is 0 Å². The highest BCUT2D eigenvalue weighted by atomic mass is 16.3. The summed E-state index contributed by atoms with van der Waals surface area (Å²) in [6.07, 6.45) is 0.792. The third-order valence-electron chi connectivity index (χ3n) is 3.00. The van der Waals surface area contributed by atoms with Crippen molar-refractivity contribution < 1.29 is 9.90 Å². The lowest BCUT2D eigenvalue weighted by atomic mass is 9.98. The van der Waals surface area contributed by atoms with Crippen molar-refractivity contribution in [2.24, 2.45) is 0 Å². The second kappa shape index (κ2) is 5.29. The van der Waals surface area contributed by atoms with Crippen molar-refractivity contribution in [1.82, 2.24) is 5.32 Å². The highest BCUT2D eigenvalue weighted by Gasteiger charge is 2.16. The minimum absolute atomic E-state index is 0.0680. The normalized spacial score (nSPS) is 16.2. The van der Waals surface area contributed by atoms with Crippen molar-refractivity contribution >= 4 is 11.6 Å². The molecule has 0 saturated carbocycles. The lowest BCUT2D eigenvalue weighted by Gasteiger charge is -2.19. The van der Waals surface area contributed by atoms with E-state index in [4.69, 9.17) is 0 Å². The Morgan fingerprint density at radius 2 is 2.29 bits per heavy atom. The smallest absolute Gasteiger partial charge is 0.224 e. The summed E-state index contributed by atoms with van der Waals surface area (Å²) in [5.74, 6) is 0.0680. The topological polar surface area (TPSA) is 61.4 Å². The van der Waals surface area contributed by atoms with Gasteiger partial charge < -0.3 is 15.7 Å². The van der Waals surface area contributed by atoms with Crippen LogP contribution in [0.25, 0.3) is 0 Å². The number of hydrogen-bond donors (Lipinski definition) is 3. The molecule has 3 N–H and O–H groups in total. The van der Waals surface area contributed by atoms with Crippen LogP contribution in [0.3, 0.4) is 0 Å². The van der Waals surface area contributed by atoms with E-state index < -0.39 is 6.10 Å². The number of likely N-dealkylation sites (N-methyl/N-ethyl adjacent to an activating group) is 1. The summed E-state index contributed by atoms with van der Waals surface area (Å²) in [7, 11) is 0. The zero-order valence-corrected chi connectivity index (χ0v) is 9.99. The van der Waals surface area contributed by atoms with Gasteiger partial charge in [0.15, 0.2) is 0 Å². The summed E-state index contributed by atoms with van der Waals surface area (Å²) in [5.41, 5.74) is 2.89. The number of carbonyl (C=O) groups is 1. The lowest BCUT2D eigenvalue weighted by Crippen LogP contribution is -2.22. The molecule has 1 aliphatic heterocycles. The van der Waals surface area contributed by atoms with E-state index in [0.717, 1.165) is 29.8 Å². The Labute approximate surface area is 101 Å². The molecule has 92 valence electrons. The van der Waals surface area contributed by atoms with Gasteiger partial charge in [-0.1, -0.05) is 19.1 Å². The van der Waals surface area contributed by atoms with Crippen LogP contribution in [0.5, 0.6) is 0 Å². The van der Waals surface area contributed by atoms with Gasteiger partial charge in [-0.3, -0.25) is 4.79 Å². The molecule has 1 aliphatic rings. The Morgan fingerprint density at radius 3 is 3.06 bits per heavy atom. The van der Waals surface area contributed by atoms with Gasteiger partial charge in [0.05, 0.1) is 6.10 Å². The monoisotopic (exact) mass is 234 g/mol. The van der Waals surface area contributed by atoms with E-state index in [2.05, 4.69) is 10.6 Å². The summed E-state index contributed by atoms with van der Waals surface area (Å²) < 4.78 is 0. The number of hydrogen-bond acceptors (Lipinski definition) is 3. The van der Waals surface area contributed by atoms with E-state index in [1.165, 1.54) is 0 Å². The fraction of sp³-hybridized carbons (Fsp3) is 0.462. The van der Waals surface area contributed by atoms with Crippen LogP contribution in [0.1, 0.15) is 30.6 Å². The van der Waals surface area contributed by atoms with Gasteiger partial charge in [-0.15, -0.1) is 0 Å². The maximum atomic E-state index is 11.2. The Morgan fingerprint density at radius 1 is 1.47 bits per heavy atom. The van der Waals surface area contributed by atoms with Gasteiger partial charge in [0.1, 0.15) is 0 Å². The second-order valence-corrected chi connectivity index (χ2v) is 4.29. The fourth-order valence-electron chi connectivity index (χ4n) is 2.01. The third kappa shape index (κ3) is 2.84. The van der Waals surface area contributed by atoms with Crippen LogP contribution in [0.4, 0.5) is 5.69 Å². The highest BCUT2D eigenvalue weighted by Crippen LogP contribution is 2.25. The van der Waals surface area contributed by atoms with Gasteiger partial charge in [-0.05, 0) is 30.2 Å². The number of aliphatic hydroxyl groups excluding tert-OH is 1. The molecular weight excluding hydrogens is 216 g/mol. The molecule has 1 heterocycles. The average molecular weight is 234 g/mol. The fourth-order valence-corrected chi connectivity index (χ4v) is 2.01. The molecule has 0 aliphatic carbocycles. The number of rotatable bonds is 4. The molecule has 0 saturated heterocycles. The first-order valence-electron chi connectivity index (χ1n) is 6.02. The molecule has 0 radical (unpaired) electrons. The van der Waals surface area contributed by atoms with Crippen molar-refractivity contribution in [3.8, 4) is 0 Å². The van der Waals surface area contributed by atoms with E-state index in [9.17, 15) is 9.90 Å². The zero-order valence-electron chi connectivity index (χ0n) is 9.99. The molecule has 1 amide bonds. The van der Waals surface area contributed by atoms with Crippen LogP contribution in [-0.4, -0.2) is 24.1 Å². The number of fused-ring (bicyclic) bond motifs is 1. The lowest BCUT2D eigenvalue weighted by molar-refractivity contribution is -0.116. The molecule has 0 aromatic heterocycles. The third-order valence-corrected chi connectivity index (χ3v) is 3.00. The quantitative estimate of drug-likeness (QED) is 0.734. The maximum absolute atomic E-state index is 11.2. The van der Waals surface area contributed by atoms with Gasteiger partial charge >= 0.3 is 0 Å². The molecule has 0 bridgehead atoms. The Bertz CT molecular complexity index is 418. The van der Waals surface area contributed by atoms with Crippen LogP contribution >= 0.6 is 0 Å². The Balaban J connectivity index is 2.13. The number of anilines is 1. The van der Waals surface area contributed by atoms with Crippen LogP contribution < -0.4 is 10.6 Å². The first-order chi connectivity index (χ1) is 8.20. The second-order valence-electron chi connectivity index (χ2n) is 4.29. The van der Waals surface area contributed by atoms with Crippen molar-refractivity contribution in [2.75, 3.05) is 18.4 Å². The molecule has 17 heavy (non-hydrogen) atoms. The minimum atomic E-state index is -0.488. The Kier molecular flexibility index (Phi) is 3.76. The molecule has 1 atom stereocenters. The standard InChI is InChI=1S/C13H18N2O2/c1-2-14-8-12(16)10-3-5-11-9(7-10)4-6-13(17)15-11/h3,5,7,12,14,16H,2,4,6,8H2,1H3,(H,15,17). The molecule has 2 rings (SSSR count). The molecule has 1 unspecified atom stereocenters. The number of benzene rings is 1. The SMILES string of the molecule is CCNCC(O)c1ccc2c(c1)CCC(=O)N2. The predicted molar refractivity (Wildman–Crippen MR) is 66.9 cm³/mol. The van der Waals surface area contributed by atoms with Crippen LogP contribution in [-0.2, 0) is 11.2 Å². The first kappa shape index (κ1) is 12.1. The number of aryl methyl sites for hydroxylation is 1. The summed E-state index contributed by atoms with van der Waals surface area (Å²) >= 11 is 0. The van der Waals surface area contributed by atoms with Crippen molar-refractivity contribution in [1.29, 1.82) is 0 Å². The molecular formula is C13H18N2O2. The number of carbonyl (C=O) groups excluding carboxylic acids is 1. The van der Waals surface area contributed by atoms with Crippen molar-refractivity contribution in [3.05, 3.63) is 29.3 Å². The largest absolute Gasteiger partial charge is 0.387 e. The maximum Gasteiger partial charge on any atom is 0.224 e.